The molecule has 2 rings (SSSR count). The number of aliphatic hydroxyl groups is 1. The molecule has 76 valence electrons. The molecule has 1 aliphatic rings. The van der Waals surface area contributed by atoms with E-state index in [0.29, 0.717) is 6.54 Å². The van der Waals surface area contributed by atoms with Crippen LogP contribution in [0.2, 0.25) is 0 Å². The maximum atomic E-state index is 13.1. The molecule has 1 aromatic heterocycles. The standard InChI is InChI=1S/C10H13FN2O/c11-8-3-1-6-12-9(8)13-7-10(14)4-2-5-10/h1,3,6,14H,2,4-5,7H2,(H,12,13). The second-order valence-corrected chi connectivity index (χ2v) is 3.77. The predicted octanol–water partition coefficient (Wildman–Crippen LogP) is 1.55. The Labute approximate surface area is 82.0 Å². The molecule has 0 aromatic carbocycles. The van der Waals surface area contributed by atoms with Crippen molar-refractivity contribution in [3.8, 4) is 0 Å². The van der Waals surface area contributed by atoms with Crippen LogP contribution in [0.3, 0.4) is 0 Å². The third-order valence-electron chi connectivity index (χ3n) is 2.63. The van der Waals surface area contributed by atoms with E-state index in [1.54, 1.807) is 6.07 Å². The van der Waals surface area contributed by atoms with Gasteiger partial charge in [-0.15, -0.1) is 0 Å². The van der Waals surface area contributed by atoms with E-state index < -0.39 is 5.60 Å². The maximum Gasteiger partial charge on any atom is 0.165 e. The van der Waals surface area contributed by atoms with Crippen LogP contribution < -0.4 is 5.32 Å². The van der Waals surface area contributed by atoms with Crippen LogP contribution >= 0.6 is 0 Å². The van der Waals surface area contributed by atoms with E-state index in [-0.39, 0.29) is 11.6 Å². The van der Waals surface area contributed by atoms with Crippen molar-refractivity contribution in [2.75, 3.05) is 11.9 Å². The number of rotatable bonds is 3. The van der Waals surface area contributed by atoms with Gasteiger partial charge in [0.25, 0.3) is 0 Å². The van der Waals surface area contributed by atoms with Crippen LogP contribution in [0.5, 0.6) is 0 Å². The molecular formula is C10H13FN2O. The third-order valence-corrected chi connectivity index (χ3v) is 2.63. The molecule has 0 saturated heterocycles. The van der Waals surface area contributed by atoms with Gasteiger partial charge in [-0.25, -0.2) is 9.37 Å². The van der Waals surface area contributed by atoms with E-state index in [2.05, 4.69) is 10.3 Å². The van der Waals surface area contributed by atoms with E-state index in [1.165, 1.54) is 12.3 Å². The number of hydrogen-bond acceptors (Lipinski definition) is 3. The molecule has 14 heavy (non-hydrogen) atoms. The van der Waals surface area contributed by atoms with Gasteiger partial charge >= 0.3 is 0 Å². The van der Waals surface area contributed by atoms with Crippen LogP contribution in [0, 0.1) is 5.82 Å². The lowest BCUT2D eigenvalue weighted by Crippen LogP contribution is -2.43. The lowest BCUT2D eigenvalue weighted by Gasteiger charge is -2.36. The Bertz CT molecular complexity index is 326. The Morgan fingerprint density at radius 2 is 2.36 bits per heavy atom. The Hall–Kier alpha value is -1.16. The van der Waals surface area contributed by atoms with Crippen molar-refractivity contribution in [2.24, 2.45) is 0 Å². The topological polar surface area (TPSA) is 45.1 Å². The van der Waals surface area contributed by atoms with Crippen LogP contribution in [0.15, 0.2) is 18.3 Å². The monoisotopic (exact) mass is 196 g/mol. The predicted molar refractivity (Wildman–Crippen MR) is 51.5 cm³/mol. The first-order chi connectivity index (χ1) is 6.70. The van der Waals surface area contributed by atoms with Crippen molar-refractivity contribution < 1.29 is 9.50 Å². The number of nitrogens with one attached hydrogen (secondary N) is 1. The summed E-state index contributed by atoms with van der Waals surface area (Å²) >= 11 is 0. The molecule has 1 fully saturated rings. The normalized spacial score (nSPS) is 18.7. The summed E-state index contributed by atoms with van der Waals surface area (Å²) in [5, 5.41) is 12.6. The van der Waals surface area contributed by atoms with Crippen molar-refractivity contribution in [2.45, 2.75) is 24.9 Å². The highest BCUT2D eigenvalue weighted by molar-refractivity contribution is 5.36. The Kier molecular flexibility index (Phi) is 2.37. The van der Waals surface area contributed by atoms with Crippen LogP contribution in [-0.4, -0.2) is 22.2 Å². The van der Waals surface area contributed by atoms with Crippen molar-refractivity contribution >= 4 is 5.82 Å². The largest absolute Gasteiger partial charge is 0.388 e. The number of nitrogens with zero attached hydrogens (tertiary/aromatic N) is 1. The molecule has 0 bridgehead atoms. The van der Waals surface area contributed by atoms with E-state index in [4.69, 9.17) is 0 Å². The molecule has 1 heterocycles. The van der Waals surface area contributed by atoms with Gasteiger partial charge in [-0.2, -0.15) is 0 Å². The quantitative estimate of drug-likeness (QED) is 0.771. The summed E-state index contributed by atoms with van der Waals surface area (Å²) in [4.78, 5) is 3.84. The first-order valence-electron chi connectivity index (χ1n) is 4.76. The van der Waals surface area contributed by atoms with E-state index >= 15 is 0 Å². The second-order valence-electron chi connectivity index (χ2n) is 3.77. The summed E-state index contributed by atoms with van der Waals surface area (Å²) in [6.07, 6.45) is 4.14. The summed E-state index contributed by atoms with van der Waals surface area (Å²) in [7, 11) is 0. The zero-order valence-corrected chi connectivity index (χ0v) is 7.83. The zero-order chi connectivity index (χ0) is 10.0. The third kappa shape index (κ3) is 1.85. The SMILES string of the molecule is OC1(CNc2ncccc2F)CCC1. The van der Waals surface area contributed by atoms with E-state index in [1.807, 2.05) is 0 Å². The number of anilines is 1. The maximum absolute atomic E-state index is 13.1. The molecule has 0 radical (unpaired) electrons. The molecule has 0 spiro atoms. The Morgan fingerprint density at radius 1 is 1.57 bits per heavy atom. The van der Waals surface area contributed by atoms with Crippen LogP contribution in [0.4, 0.5) is 10.2 Å². The lowest BCUT2D eigenvalue weighted by atomic mass is 9.80. The molecular weight excluding hydrogens is 183 g/mol. The molecule has 0 atom stereocenters. The number of pyridine rings is 1. The minimum Gasteiger partial charge on any atom is -0.388 e. The smallest absolute Gasteiger partial charge is 0.165 e. The average Bonchev–Trinajstić information content (AvgIpc) is 2.14. The first kappa shape index (κ1) is 9.40. The first-order valence-corrected chi connectivity index (χ1v) is 4.76. The van der Waals surface area contributed by atoms with Gasteiger partial charge in [0, 0.05) is 12.7 Å². The molecule has 3 nitrogen and oxygen atoms in total. The fraction of sp³-hybridized carbons (Fsp3) is 0.500. The van der Waals surface area contributed by atoms with Gasteiger partial charge in [-0.1, -0.05) is 0 Å². The molecule has 1 aliphatic carbocycles. The number of hydrogen-bond donors (Lipinski definition) is 2. The van der Waals surface area contributed by atoms with Crippen molar-refractivity contribution in [1.29, 1.82) is 0 Å². The molecule has 4 heteroatoms. The number of aromatic nitrogens is 1. The van der Waals surface area contributed by atoms with Gasteiger partial charge in [0.2, 0.25) is 0 Å². The minimum absolute atomic E-state index is 0.216. The van der Waals surface area contributed by atoms with Crippen molar-refractivity contribution in [3.05, 3.63) is 24.1 Å². The summed E-state index contributed by atoms with van der Waals surface area (Å²) in [5.41, 5.74) is -0.649. The van der Waals surface area contributed by atoms with Gasteiger partial charge in [0.1, 0.15) is 0 Å². The summed E-state index contributed by atoms with van der Waals surface area (Å²) in [6, 6.07) is 2.89. The molecule has 0 unspecified atom stereocenters. The highest BCUT2D eigenvalue weighted by Gasteiger charge is 2.34. The Morgan fingerprint density at radius 3 is 2.93 bits per heavy atom. The van der Waals surface area contributed by atoms with Crippen molar-refractivity contribution in [3.63, 3.8) is 0 Å². The van der Waals surface area contributed by atoms with Gasteiger partial charge in [-0.05, 0) is 31.4 Å². The van der Waals surface area contributed by atoms with Crippen LogP contribution in [0.1, 0.15) is 19.3 Å². The zero-order valence-electron chi connectivity index (χ0n) is 7.83. The van der Waals surface area contributed by atoms with Gasteiger partial charge in [-0.3, -0.25) is 0 Å². The van der Waals surface area contributed by atoms with Gasteiger partial charge in [0.05, 0.1) is 5.60 Å². The fourth-order valence-electron chi connectivity index (χ4n) is 1.53. The van der Waals surface area contributed by atoms with Gasteiger partial charge < -0.3 is 10.4 Å². The average molecular weight is 196 g/mol. The van der Waals surface area contributed by atoms with Crippen LogP contribution in [0.25, 0.3) is 0 Å². The molecule has 0 amide bonds. The number of halogens is 1. The summed E-state index contributed by atoms with van der Waals surface area (Å²) in [6.45, 7) is 0.376. The summed E-state index contributed by atoms with van der Waals surface area (Å²) in [5.74, 6) is -0.164. The minimum atomic E-state index is -0.649. The molecule has 2 N–H and O–H groups in total. The van der Waals surface area contributed by atoms with E-state index in [0.717, 1.165) is 19.3 Å². The lowest BCUT2D eigenvalue weighted by molar-refractivity contribution is -0.0203. The fourth-order valence-corrected chi connectivity index (χ4v) is 1.53. The summed E-state index contributed by atoms with van der Waals surface area (Å²) < 4.78 is 13.1. The Balaban J connectivity index is 1.95. The van der Waals surface area contributed by atoms with Crippen LogP contribution in [-0.2, 0) is 0 Å². The molecule has 1 aromatic rings. The van der Waals surface area contributed by atoms with Gasteiger partial charge in [0.15, 0.2) is 11.6 Å². The molecule has 0 aliphatic heterocycles. The van der Waals surface area contributed by atoms with E-state index in [9.17, 15) is 9.50 Å². The second kappa shape index (κ2) is 3.53. The highest BCUT2D eigenvalue weighted by Crippen LogP contribution is 2.31. The highest BCUT2D eigenvalue weighted by atomic mass is 19.1. The van der Waals surface area contributed by atoms with Crippen molar-refractivity contribution in [1.82, 2.24) is 4.98 Å². The molecule has 1 saturated carbocycles.